The Morgan fingerprint density at radius 1 is 1.12 bits per heavy atom. The van der Waals surface area contributed by atoms with E-state index in [9.17, 15) is 14.9 Å². The van der Waals surface area contributed by atoms with Crippen LogP contribution in [0.2, 0.25) is 0 Å². The van der Waals surface area contributed by atoms with Crippen molar-refractivity contribution < 1.29 is 14.5 Å². The van der Waals surface area contributed by atoms with E-state index in [1.165, 1.54) is 19.2 Å². The maximum atomic E-state index is 11.9. The first kappa shape index (κ1) is 16.1. The molecule has 122 valence electrons. The van der Waals surface area contributed by atoms with Crippen LogP contribution in [0.3, 0.4) is 0 Å². The molecule has 0 N–H and O–H groups in total. The topological polar surface area (TPSA) is 82.3 Å². The zero-order chi connectivity index (χ0) is 17.8. The molecule has 0 atom stereocenters. The maximum Gasteiger partial charge on any atom is 0.356 e. The van der Waals surface area contributed by atoms with Crippen LogP contribution >= 0.6 is 0 Å². The van der Waals surface area contributed by atoms with Gasteiger partial charge in [-0.3, -0.25) is 10.1 Å². The fourth-order valence-electron chi connectivity index (χ4n) is 2.35. The van der Waals surface area contributed by atoms with Gasteiger partial charge in [0.25, 0.3) is 5.69 Å². The molecular weight excluding hydrogens is 320 g/mol. The third-order valence-corrected chi connectivity index (χ3v) is 3.52. The molecule has 6 heteroatoms. The highest BCUT2D eigenvalue weighted by molar-refractivity contribution is 5.97. The van der Waals surface area contributed by atoms with Gasteiger partial charge in [0.1, 0.15) is 5.52 Å². The van der Waals surface area contributed by atoms with Gasteiger partial charge in [-0.15, -0.1) is 0 Å². The van der Waals surface area contributed by atoms with E-state index < -0.39 is 10.9 Å². The van der Waals surface area contributed by atoms with Gasteiger partial charge in [-0.1, -0.05) is 42.2 Å². The smallest absolute Gasteiger partial charge is 0.356 e. The molecule has 0 saturated carbocycles. The molecular formula is C19H12N2O4. The molecule has 2 aromatic carbocycles. The van der Waals surface area contributed by atoms with E-state index in [4.69, 9.17) is 0 Å². The third-order valence-electron chi connectivity index (χ3n) is 3.52. The number of nitro groups is 1. The first-order valence-electron chi connectivity index (χ1n) is 7.33. The van der Waals surface area contributed by atoms with Crippen molar-refractivity contribution in [2.75, 3.05) is 7.11 Å². The van der Waals surface area contributed by atoms with Crippen molar-refractivity contribution in [2.45, 2.75) is 0 Å². The van der Waals surface area contributed by atoms with E-state index in [1.807, 2.05) is 30.3 Å². The fourth-order valence-corrected chi connectivity index (χ4v) is 2.35. The van der Waals surface area contributed by atoms with Crippen LogP contribution in [0.25, 0.3) is 10.9 Å². The molecule has 0 radical (unpaired) electrons. The van der Waals surface area contributed by atoms with Crippen LogP contribution in [-0.2, 0) is 4.74 Å². The molecule has 3 aromatic rings. The third kappa shape index (κ3) is 3.31. The van der Waals surface area contributed by atoms with Crippen LogP contribution in [0.5, 0.6) is 0 Å². The first-order chi connectivity index (χ1) is 12.1. The highest BCUT2D eigenvalue weighted by Gasteiger charge is 2.18. The van der Waals surface area contributed by atoms with Crippen molar-refractivity contribution in [3.8, 4) is 11.8 Å². The van der Waals surface area contributed by atoms with Crippen molar-refractivity contribution in [1.29, 1.82) is 0 Å². The average molecular weight is 332 g/mol. The summed E-state index contributed by atoms with van der Waals surface area (Å²) in [4.78, 5) is 26.7. The van der Waals surface area contributed by atoms with Crippen LogP contribution in [0, 0.1) is 22.0 Å². The number of rotatable bonds is 2. The summed E-state index contributed by atoms with van der Waals surface area (Å²) >= 11 is 0. The van der Waals surface area contributed by atoms with Gasteiger partial charge in [0.15, 0.2) is 5.69 Å². The van der Waals surface area contributed by atoms with Crippen LogP contribution in [0.1, 0.15) is 21.6 Å². The molecule has 0 bridgehead atoms. The van der Waals surface area contributed by atoms with Gasteiger partial charge >= 0.3 is 5.97 Å². The van der Waals surface area contributed by atoms with E-state index in [-0.39, 0.29) is 16.9 Å². The normalized spacial score (nSPS) is 9.96. The molecule has 0 aliphatic heterocycles. The molecule has 1 heterocycles. The van der Waals surface area contributed by atoms with E-state index in [1.54, 1.807) is 12.1 Å². The predicted molar refractivity (Wildman–Crippen MR) is 92.2 cm³/mol. The molecule has 0 unspecified atom stereocenters. The molecule has 0 saturated heterocycles. The second-order valence-electron chi connectivity index (χ2n) is 5.09. The number of fused-ring (bicyclic) bond motifs is 1. The fraction of sp³-hybridized carbons (Fsp3) is 0.0526. The molecule has 0 spiro atoms. The molecule has 3 rings (SSSR count). The van der Waals surface area contributed by atoms with E-state index in [0.717, 1.165) is 5.56 Å². The second-order valence-corrected chi connectivity index (χ2v) is 5.09. The maximum absolute atomic E-state index is 11.9. The van der Waals surface area contributed by atoms with Crippen molar-refractivity contribution in [2.24, 2.45) is 0 Å². The number of nitro benzene ring substituents is 1. The Morgan fingerprint density at radius 2 is 1.88 bits per heavy atom. The highest BCUT2D eigenvalue weighted by Crippen LogP contribution is 2.26. The number of non-ortho nitro benzene ring substituents is 1. The average Bonchev–Trinajstić information content (AvgIpc) is 2.65. The summed E-state index contributed by atoms with van der Waals surface area (Å²) in [6, 6.07) is 15.4. The minimum atomic E-state index is -0.678. The largest absolute Gasteiger partial charge is 0.464 e. The number of hydrogen-bond acceptors (Lipinski definition) is 5. The number of esters is 1. The van der Waals surface area contributed by atoms with Crippen molar-refractivity contribution in [3.63, 3.8) is 0 Å². The lowest BCUT2D eigenvalue weighted by Gasteiger charge is -2.05. The summed E-state index contributed by atoms with van der Waals surface area (Å²) in [6.07, 6.45) is 0. The van der Waals surface area contributed by atoms with Gasteiger partial charge in [0.2, 0.25) is 0 Å². The molecule has 0 fully saturated rings. The van der Waals surface area contributed by atoms with E-state index >= 15 is 0 Å². The number of carbonyl (C=O) groups is 1. The lowest BCUT2D eigenvalue weighted by Crippen LogP contribution is -2.06. The van der Waals surface area contributed by atoms with Gasteiger partial charge in [0, 0.05) is 22.6 Å². The van der Waals surface area contributed by atoms with Crippen LogP contribution < -0.4 is 0 Å². The minimum absolute atomic E-state index is 0.0262. The molecule has 6 nitrogen and oxygen atoms in total. The Hall–Kier alpha value is -3.72. The Bertz CT molecular complexity index is 1030. The molecule has 0 aliphatic carbocycles. The Labute approximate surface area is 143 Å². The minimum Gasteiger partial charge on any atom is -0.464 e. The monoisotopic (exact) mass is 332 g/mol. The van der Waals surface area contributed by atoms with Crippen molar-refractivity contribution in [1.82, 2.24) is 4.98 Å². The quantitative estimate of drug-likeness (QED) is 0.311. The number of carbonyl (C=O) groups excluding carboxylic acids is 1. The number of ether oxygens (including phenoxy) is 1. The molecule has 25 heavy (non-hydrogen) atoms. The van der Waals surface area contributed by atoms with E-state index in [2.05, 4.69) is 21.6 Å². The summed E-state index contributed by atoms with van der Waals surface area (Å²) < 4.78 is 4.68. The van der Waals surface area contributed by atoms with Gasteiger partial charge in [-0.2, -0.15) is 0 Å². The number of para-hydroxylation sites is 1. The highest BCUT2D eigenvalue weighted by atomic mass is 16.6. The predicted octanol–water partition coefficient (Wildman–Crippen LogP) is 3.33. The van der Waals surface area contributed by atoms with Gasteiger partial charge in [0.05, 0.1) is 12.0 Å². The first-order valence-corrected chi connectivity index (χ1v) is 7.33. The van der Waals surface area contributed by atoms with Gasteiger partial charge in [-0.25, -0.2) is 9.78 Å². The standard InChI is InChI=1S/C19H12N2O4/c1-25-19(22)16-12-14(11-10-13-6-3-2-4-7-13)15-8-5-9-17(21(23)24)18(15)20-16/h2-9,12H,1H3. The summed E-state index contributed by atoms with van der Waals surface area (Å²) in [5.41, 5.74) is 1.15. The van der Waals surface area contributed by atoms with Crippen LogP contribution in [0.4, 0.5) is 5.69 Å². The molecule has 1 aromatic heterocycles. The number of hydrogen-bond donors (Lipinski definition) is 0. The number of methoxy groups -OCH3 is 1. The molecule has 0 amide bonds. The number of nitrogens with zero attached hydrogens (tertiary/aromatic N) is 2. The van der Waals surface area contributed by atoms with Crippen LogP contribution in [-0.4, -0.2) is 23.0 Å². The van der Waals surface area contributed by atoms with E-state index in [0.29, 0.717) is 10.9 Å². The van der Waals surface area contributed by atoms with Crippen molar-refractivity contribution in [3.05, 3.63) is 81.5 Å². The lowest BCUT2D eigenvalue weighted by molar-refractivity contribution is -0.383. The second kappa shape index (κ2) is 6.81. The summed E-state index contributed by atoms with van der Waals surface area (Å²) in [5.74, 6) is 5.28. The van der Waals surface area contributed by atoms with Crippen molar-refractivity contribution >= 4 is 22.6 Å². The summed E-state index contributed by atoms with van der Waals surface area (Å²) in [6.45, 7) is 0. The lowest BCUT2D eigenvalue weighted by atomic mass is 10.1. The number of aromatic nitrogens is 1. The number of pyridine rings is 1. The zero-order valence-corrected chi connectivity index (χ0v) is 13.2. The van der Waals surface area contributed by atoms with Gasteiger partial charge < -0.3 is 4.74 Å². The number of benzene rings is 2. The van der Waals surface area contributed by atoms with Gasteiger partial charge in [-0.05, 0) is 18.2 Å². The Kier molecular flexibility index (Phi) is 4.40. The zero-order valence-electron chi connectivity index (χ0n) is 13.2. The Morgan fingerprint density at radius 3 is 2.56 bits per heavy atom. The summed E-state index contributed by atoms with van der Waals surface area (Å²) in [7, 11) is 1.23. The summed E-state index contributed by atoms with van der Waals surface area (Å²) in [5, 5.41) is 11.8. The SMILES string of the molecule is COC(=O)c1cc(C#Cc2ccccc2)c2cccc([N+](=O)[O-])c2n1. The Balaban J connectivity index is 2.26. The molecule has 0 aliphatic rings. The van der Waals surface area contributed by atoms with Crippen LogP contribution in [0.15, 0.2) is 54.6 Å².